The lowest BCUT2D eigenvalue weighted by molar-refractivity contribution is -0.143. The number of amides is 1. The molecule has 1 rings (SSSR count). The highest BCUT2D eigenvalue weighted by atomic mass is 16.5. The molecular weight excluding hydrogens is 316 g/mol. The second-order valence-corrected chi connectivity index (χ2v) is 6.48. The van der Waals surface area contributed by atoms with Crippen LogP contribution in [0.4, 0.5) is 5.69 Å². The average Bonchev–Trinajstić information content (AvgIpc) is 2.57. The molecule has 0 aliphatic rings. The molecular formula is C20H32N2O3. The Morgan fingerprint density at radius 2 is 1.60 bits per heavy atom. The third-order valence-electron chi connectivity index (χ3n) is 4.32. The van der Waals surface area contributed by atoms with E-state index in [2.05, 4.69) is 18.7 Å². The van der Waals surface area contributed by atoms with Crippen molar-refractivity contribution >= 4 is 17.6 Å². The van der Waals surface area contributed by atoms with Crippen LogP contribution in [0.25, 0.3) is 0 Å². The largest absolute Gasteiger partial charge is 0.467 e. The number of hydrogen-bond donors (Lipinski definition) is 0. The van der Waals surface area contributed by atoms with Gasteiger partial charge in [-0.25, -0.2) is 4.79 Å². The van der Waals surface area contributed by atoms with Crippen molar-refractivity contribution in [1.82, 2.24) is 4.90 Å². The molecule has 0 N–H and O–H groups in total. The molecule has 0 heterocycles. The van der Waals surface area contributed by atoms with Gasteiger partial charge in [-0.3, -0.25) is 14.6 Å². The minimum absolute atomic E-state index is 0.0720. The summed E-state index contributed by atoms with van der Waals surface area (Å²) in [5.41, 5.74) is 2.75. The topological polar surface area (TPSA) is 49.9 Å². The molecule has 25 heavy (non-hydrogen) atoms. The monoisotopic (exact) mass is 348 g/mol. The number of anilines is 1. The Bertz CT molecular complexity index is 560. The molecule has 0 saturated carbocycles. The first-order chi connectivity index (χ1) is 11.9. The maximum Gasteiger partial charge on any atom is 0.328 e. The second kappa shape index (κ2) is 10.2. The molecule has 1 amide bonds. The van der Waals surface area contributed by atoms with Crippen molar-refractivity contribution in [2.75, 3.05) is 31.6 Å². The van der Waals surface area contributed by atoms with Gasteiger partial charge in [0.15, 0.2) is 0 Å². The Hall–Kier alpha value is -1.88. The van der Waals surface area contributed by atoms with E-state index in [0.717, 1.165) is 42.7 Å². The zero-order valence-corrected chi connectivity index (χ0v) is 16.5. The summed E-state index contributed by atoms with van der Waals surface area (Å²) in [6, 6.07) is 5.22. The Balaban J connectivity index is 3.22. The summed E-state index contributed by atoms with van der Waals surface area (Å²) in [5, 5.41) is 0. The van der Waals surface area contributed by atoms with Crippen LogP contribution in [-0.2, 0) is 14.3 Å². The molecule has 0 radical (unpaired) electrons. The lowest BCUT2D eigenvalue weighted by atomic mass is 10.1. The van der Waals surface area contributed by atoms with Crippen LogP contribution in [0.2, 0.25) is 0 Å². The summed E-state index contributed by atoms with van der Waals surface area (Å²) in [6.45, 7) is 11.9. The van der Waals surface area contributed by atoms with E-state index in [4.69, 9.17) is 4.74 Å². The minimum Gasteiger partial charge on any atom is -0.467 e. The molecule has 0 bridgehead atoms. The first kappa shape index (κ1) is 21.2. The van der Waals surface area contributed by atoms with Crippen LogP contribution in [0.1, 0.15) is 44.7 Å². The van der Waals surface area contributed by atoms with E-state index in [-0.39, 0.29) is 5.91 Å². The fraction of sp³-hybridized carbons (Fsp3) is 0.600. The van der Waals surface area contributed by atoms with Crippen LogP contribution >= 0.6 is 0 Å². The van der Waals surface area contributed by atoms with Crippen molar-refractivity contribution in [2.24, 2.45) is 0 Å². The normalized spacial score (nSPS) is 12.1. The zero-order valence-electron chi connectivity index (χ0n) is 16.5. The second-order valence-electron chi connectivity index (χ2n) is 6.48. The first-order valence-corrected chi connectivity index (χ1v) is 9.05. The highest BCUT2D eigenvalue weighted by Gasteiger charge is 2.30. The molecule has 0 fully saturated rings. The van der Waals surface area contributed by atoms with Crippen LogP contribution in [0.15, 0.2) is 18.2 Å². The van der Waals surface area contributed by atoms with Crippen LogP contribution in [-0.4, -0.2) is 49.6 Å². The Kier molecular flexibility index (Phi) is 8.62. The summed E-state index contributed by atoms with van der Waals surface area (Å²) < 4.78 is 4.90. The van der Waals surface area contributed by atoms with Crippen LogP contribution in [0, 0.1) is 13.8 Å². The van der Waals surface area contributed by atoms with Crippen molar-refractivity contribution in [3.05, 3.63) is 29.3 Å². The summed E-state index contributed by atoms with van der Waals surface area (Å²) in [6.07, 6.45) is 1.98. The number of ether oxygens (including phenoxy) is 1. The van der Waals surface area contributed by atoms with E-state index in [9.17, 15) is 9.59 Å². The zero-order chi connectivity index (χ0) is 19.0. The molecule has 140 valence electrons. The number of hydrogen-bond acceptors (Lipinski definition) is 4. The van der Waals surface area contributed by atoms with Crippen molar-refractivity contribution in [3.8, 4) is 0 Å². The van der Waals surface area contributed by atoms with Crippen molar-refractivity contribution in [1.29, 1.82) is 0 Å². The van der Waals surface area contributed by atoms with Gasteiger partial charge in [0.05, 0.1) is 19.3 Å². The number of carbonyl (C=O) groups is 2. The van der Waals surface area contributed by atoms with E-state index in [0.29, 0.717) is 6.54 Å². The maximum atomic E-state index is 13.1. The average molecular weight is 348 g/mol. The fourth-order valence-electron chi connectivity index (χ4n) is 3.17. The van der Waals surface area contributed by atoms with Gasteiger partial charge in [-0.15, -0.1) is 0 Å². The minimum atomic E-state index is -0.664. The molecule has 0 aliphatic heterocycles. The molecule has 0 spiro atoms. The van der Waals surface area contributed by atoms with Gasteiger partial charge >= 0.3 is 5.97 Å². The molecule has 0 aliphatic carbocycles. The van der Waals surface area contributed by atoms with Crippen LogP contribution in [0.5, 0.6) is 0 Å². The molecule has 1 aromatic carbocycles. The van der Waals surface area contributed by atoms with Gasteiger partial charge in [-0.1, -0.05) is 32.0 Å². The van der Waals surface area contributed by atoms with Gasteiger partial charge in [-0.05, 0) is 57.8 Å². The maximum absolute atomic E-state index is 13.1. The highest BCUT2D eigenvalue weighted by Crippen LogP contribution is 2.27. The van der Waals surface area contributed by atoms with Gasteiger partial charge < -0.3 is 4.74 Å². The Morgan fingerprint density at radius 3 is 2.04 bits per heavy atom. The van der Waals surface area contributed by atoms with E-state index in [1.807, 2.05) is 32.0 Å². The van der Waals surface area contributed by atoms with Crippen LogP contribution in [0.3, 0.4) is 0 Å². The van der Waals surface area contributed by atoms with E-state index >= 15 is 0 Å². The third kappa shape index (κ3) is 5.56. The van der Waals surface area contributed by atoms with Gasteiger partial charge in [0.1, 0.15) is 6.04 Å². The van der Waals surface area contributed by atoms with Gasteiger partial charge in [0.25, 0.3) is 0 Å². The smallest absolute Gasteiger partial charge is 0.328 e. The Morgan fingerprint density at radius 1 is 1.08 bits per heavy atom. The molecule has 0 aromatic heterocycles. The molecule has 5 nitrogen and oxygen atoms in total. The van der Waals surface area contributed by atoms with Crippen molar-refractivity contribution in [2.45, 2.75) is 53.5 Å². The quantitative estimate of drug-likeness (QED) is 0.642. The van der Waals surface area contributed by atoms with E-state index in [1.54, 1.807) is 11.8 Å². The highest BCUT2D eigenvalue weighted by molar-refractivity contribution is 6.01. The SMILES string of the molecule is CCCN(CCC)CC(=O)N(c1c(C)cccc1C)C(C)C(=O)OC. The lowest BCUT2D eigenvalue weighted by Crippen LogP contribution is -2.49. The van der Waals surface area contributed by atoms with E-state index < -0.39 is 12.0 Å². The molecule has 5 heteroatoms. The summed E-state index contributed by atoms with van der Waals surface area (Å²) in [7, 11) is 1.35. The number of esters is 1. The lowest BCUT2D eigenvalue weighted by Gasteiger charge is -2.32. The number of para-hydroxylation sites is 1. The standard InChI is InChI=1S/C20H32N2O3/c1-7-12-21(13-8-2)14-18(23)22(17(5)20(24)25-6)19-15(3)10-9-11-16(19)4/h9-11,17H,7-8,12-14H2,1-6H3. The predicted molar refractivity (Wildman–Crippen MR) is 102 cm³/mol. The van der Waals surface area contributed by atoms with Gasteiger partial charge in [0.2, 0.25) is 5.91 Å². The summed E-state index contributed by atoms with van der Waals surface area (Å²) >= 11 is 0. The molecule has 0 saturated heterocycles. The fourth-order valence-corrected chi connectivity index (χ4v) is 3.17. The predicted octanol–water partition coefficient (Wildman–Crippen LogP) is 3.32. The summed E-state index contributed by atoms with van der Waals surface area (Å²) in [4.78, 5) is 29.1. The summed E-state index contributed by atoms with van der Waals surface area (Å²) in [5.74, 6) is -0.481. The number of nitrogens with zero attached hydrogens (tertiary/aromatic N) is 2. The molecule has 1 aromatic rings. The molecule has 1 unspecified atom stereocenters. The van der Waals surface area contributed by atoms with Crippen molar-refractivity contribution < 1.29 is 14.3 Å². The Labute approximate surface area is 151 Å². The number of aryl methyl sites for hydroxylation is 2. The third-order valence-corrected chi connectivity index (χ3v) is 4.32. The number of benzene rings is 1. The molecule has 1 atom stereocenters. The number of carbonyl (C=O) groups excluding carboxylic acids is 2. The number of methoxy groups -OCH3 is 1. The first-order valence-electron chi connectivity index (χ1n) is 9.05. The van der Waals surface area contributed by atoms with Gasteiger partial charge in [0, 0.05) is 0 Å². The van der Waals surface area contributed by atoms with Crippen molar-refractivity contribution in [3.63, 3.8) is 0 Å². The van der Waals surface area contributed by atoms with Gasteiger partial charge in [-0.2, -0.15) is 0 Å². The van der Waals surface area contributed by atoms with Crippen LogP contribution < -0.4 is 4.90 Å². The van der Waals surface area contributed by atoms with E-state index in [1.165, 1.54) is 7.11 Å². The number of rotatable bonds is 9.